The molecule has 4 aliphatic rings. The van der Waals surface area contributed by atoms with E-state index in [2.05, 4.69) is 15.5 Å². The number of likely N-dealkylation sites (N-methyl/N-ethyl adjacent to an activating group) is 1. The number of nitrogens with zero attached hydrogens (tertiary/aromatic N) is 3. The van der Waals surface area contributed by atoms with Crippen molar-refractivity contribution in [3.05, 3.63) is 29.1 Å². The van der Waals surface area contributed by atoms with Gasteiger partial charge in [-0.3, -0.25) is 19.5 Å². The fourth-order valence-corrected chi connectivity index (χ4v) is 5.20. The molecule has 154 valence electrons. The molecule has 0 aliphatic carbocycles. The Morgan fingerprint density at radius 1 is 1.45 bits per heavy atom. The molecule has 1 aromatic heterocycles. The highest BCUT2D eigenvalue weighted by Gasteiger charge is 2.66. The van der Waals surface area contributed by atoms with Crippen LogP contribution in [0.3, 0.4) is 0 Å². The minimum atomic E-state index is -0.656. The quantitative estimate of drug-likeness (QED) is 0.685. The molecule has 0 aromatic carbocycles. The van der Waals surface area contributed by atoms with E-state index in [9.17, 15) is 14.4 Å². The lowest BCUT2D eigenvalue weighted by Crippen LogP contribution is -2.47. The summed E-state index contributed by atoms with van der Waals surface area (Å²) in [5.41, 5.74) is 1.42. The Kier molecular flexibility index (Phi) is 4.06. The summed E-state index contributed by atoms with van der Waals surface area (Å²) in [6, 6.07) is 0. The van der Waals surface area contributed by atoms with Crippen LogP contribution in [-0.2, 0) is 27.3 Å². The number of fused-ring (bicyclic) bond motifs is 2. The standard InChI is InChI=1S/C20H25N5O4/c1-3-7-21-17(26)16-11-5-8-25(9-12(11)22-23-16)18(27)14-13-4-6-20(29-13)10-24(2)19(28)15(14)20/h4,6,13-15H,3,5,7-10H2,1-2H3,(H,21,26)(H,22,23)/t13-,14-,15+,20-/m0/s1. The lowest BCUT2D eigenvalue weighted by molar-refractivity contribution is -0.143. The zero-order chi connectivity index (χ0) is 20.3. The molecule has 0 saturated carbocycles. The maximum Gasteiger partial charge on any atom is 0.272 e. The van der Waals surface area contributed by atoms with Crippen LogP contribution in [0.1, 0.15) is 35.1 Å². The summed E-state index contributed by atoms with van der Waals surface area (Å²) in [5.74, 6) is -1.21. The summed E-state index contributed by atoms with van der Waals surface area (Å²) in [6.07, 6.45) is 4.95. The van der Waals surface area contributed by atoms with Gasteiger partial charge in [0.15, 0.2) is 5.69 Å². The van der Waals surface area contributed by atoms with E-state index in [0.29, 0.717) is 38.3 Å². The van der Waals surface area contributed by atoms with Gasteiger partial charge in [-0.05, 0) is 12.8 Å². The first-order valence-corrected chi connectivity index (χ1v) is 10.2. The van der Waals surface area contributed by atoms with Crippen molar-refractivity contribution in [1.82, 2.24) is 25.3 Å². The molecule has 4 aliphatic heterocycles. The second-order valence-electron chi connectivity index (χ2n) is 8.39. The van der Waals surface area contributed by atoms with E-state index < -0.39 is 17.4 Å². The van der Waals surface area contributed by atoms with E-state index in [1.807, 2.05) is 19.1 Å². The highest BCUT2D eigenvalue weighted by molar-refractivity contribution is 5.95. The SMILES string of the molecule is CCCNC(=O)c1n[nH]c2c1CCN(C(=O)[C@H]1[C@@H]3C=C[C@@]4(CN(C)C(=O)[C@@H]14)O3)C2. The molecule has 9 nitrogen and oxygen atoms in total. The molecule has 1 spiro atoms. The lowest BCUT2D eigenvalue weighted by Gasteiger charge is -2.32. The van der Waals surface area contributed by atoms with Gasteiger partial charge in [0.05, 0.1) is 36.7 Å². The van der Waals surface area contributed by atoms with E-state index in [0.717, 1.165) is 17.7 Å². The number of aromatic nitrogens is 2. The number of carbonyl (C=O) groups excluding carboxylic acids is 3. The molecule has 4 atom stereocenters. The van der Waals surface area contributed by atoms with Gasteiger partial charge < -0.3 is 19.9 Å². The summed E-state index contributed by atoms with van der Waals surface area (Å²) in [4.78, 5) is 41.8. The zero-order valence-corrected chi connectivity index (χ0v) is 16.6. The van der Waals surface area contributed by atoms with Crippen molar-refractivity contribution in [3.8, 4) is 0 Å². The van der Waals surface area contributed by atoms with Crippen molar-refractivity contribution in [2.24, 2.45) is 11.8 Å². The topological polar surface area (TPSA) is 108 Å². The Morgan fingerprint density at radius 2 is 2.28 bits per heavy atom. The summed E-state index contributed by atoms with van der Waals surface area (Å²) >= 11 is 0. The van der Waals surface area contributed by atoms with E-state index in [1.165, 1.54) is 0 Å². The van der Waals surface area contributed by atoms with Crippen LogP contribution < -0.4 is 5.32 Å². The second kappa shape index (κ2) is 6.41. The molecule has 2 bridgehead atoms. The molecule has 0 radical (unpaired) electrons. The number of nitrogens with one attached hydrogen (secondary N) is 2. The lowest BCUT2D eigenvalue weighted by atomic mass is 9.76. The smallest absolute Gasteiger partial charge is 0.272 e. The fourth-order valence-electron chi connectivity index (χ4n) is 5.20. The summed E-state index contributed by atoms with van der Waals surface area (Å²) in [6.45, 7) is 3.95. The van der Waals surface area contributed by atoms with Crippen molar-refractivity contribution in [3.63, 3.8) is 0 Å². The van der Waals surface area contributed by atoms with E-state index in [1.54, 1.807) is 16.8 Å². The number of hydrogen-bond donors (Lipinski definition) is 2. The first-order valence-electron chi connectivity index (χ1n) is 10.2. The molecule has 2 fully saturated rings. The molecule has 0 unspecified atom stereocenters. The van der Waals surface area contributed by atoms with Crippen LogP contribution in [0, 0.1) is 11.8 Å². The molecule has 3 amide bonds. The summed E-state index contributed by atoms with van der Waals surface area (Å²) < 4.78 is 6.10. The Bertz CT molecular complexity index is 924. The third kappa shape index (κ3) is 2.56. The molecule has 1 aromatic rings. The van der Waals surface area contributed by atoms with E-state index in [4.69, 9.17) is 4.74 Å². The maximum absolute atomic E-state index is 13.4. The third-order valence-electron chi connectivity index (χ3n) is 6.57. The Balaban J connectivity index is 1.35. The predicted molar refractivity (Wildman–Crippen MR) is 102 cm³/mol. The number of aromatic amines is 1. The Morgan fingerprint density at radius 3 is 3.07 bits per heavy atom. The second-order valence-corrected chi connectivity index (χ2v) is 8.39. The van der Waals surface area contributed by atoms with Gasteiger partial charge >= 0.3 is 0 Å². The average molecular weight is 399 g/mol. The largest absolute Gasteiger partial charge is 0.360 e. The number of carbonyl (C=O) groups is 3. The zero-order valence-electron chi connectivity index (χ0n) is 16.6. The van der Waals surface area contributed by atoms with E-state index >= 15 is 0 Å². The van der Waals surface area contributed by atoms with Crippen molar-refractivity contribution in [2.75, 3.05) is 26.7 Å². The van der Waals surface area contributed by atoms with Crippen molar-refractivity contribution in [2.45, 2.75) is 38.0 Å². The third-order valence-corrected chi connectivity index (χ3v) is 6.57. The van der Waals surface area contributed by atoms with Gasteiger partial charge in [-0.1, -0.05) is 19.1 Å². The van der Waals surface area contributed by atoms with Gasteiger partial charge in [0.25, 0.3) is 5.91 Å². The summed E-state index contributed by atoms with van der Waals surface area (Å²) in [7, 11) is 1.75. The van der Waals surface area contributed by atoms with Crippen LogP contribution in [0.4, 0.5) is 0 Å². The van der Waals surface area contributed by atoms with Gasteiger partial charge in [-0.25, -0.2) is 0 Å². The normalized spacial score (nSPS) is 31.9. The average Bonchev–Trinajstić information content (AvgIpc) is 3.45. The number of hydrogen-bond acceptors (Lipinski definition) is 5. The molecule has 9 heteroatoms. The fraction of sp³-hybridized carbons (Fsp3) is 0.600. The predicted octanol–water partition coefficient (Wildman–Crippen LogP) is -0.154. The molecular weight excluding hydrogens is 374 g/mol. The van der Waals surface area contributed by atoms with Gasteiger partial charge in [0, 0.05) is 25.7 Å². The molecule has 2 N–H and O–H groups in total. The van der Waals surface area contributed by atoms with Crippen LogP contribution in [0.25, 0.3) is 0 Å². The molecule has 29 heavy (non-hydrogen) atoms. The molecular formula is C20H25N5O4. The van der Waals surface area contributed by atoms with E-state index in [-0.39, 0.29) is 23.8 Å². The van der Waals surface area contributed by atoms with Gasteiger partial charge in [-0.2, -0.15) is 5.10 Å². The number of H-pyrrole nitrogens is 1. The van der Waals surface area contributed by atoms with Crippen molar-refractivity contribution < 1.29 is 19.1 Å². The van der Waals surface area contributed by atoms with Gasteiger partial charge in [0.2, 0.25) is 11.8 Å². The monoisotopic (exact) mass is 399 g/mol. The Hall–Kier alpha value is -2.68. The minimum Gasteiger partial charge on any atom is -0.360 e. The minimum absolute atomic E-state index is 0.0238. The number of likely N-dealkylation sites (tertiary alicyclic amines) is 1. The first-order chi connectivity index (χ1) is 13.9. The Labute approximate surface area is 168 Å². The number of rotatable bonds is 4. The van der Waals surface area contributed by atoms with Gasteiger partial charge in [0.1, 0.15) is 5.60 Å². The van der Waals surface area contributed by atoms with Gasteiger partial charge in [-0.15, -0.1) is 0 Å². The van der Waals surface area contributed by atoms with Crippen LogP contribution in [0.5, 0.6) is 0 Å². The number of amides is 3. The van der Waals surface area contributed by atoms with Crippen LogP contribution in [0.15, 0.2) is 12.2 Å². The highest BCUT2D eigenvalue weighted by atomic mass is 16.5. The maximum atomic E-state index is 13.4. The highest BCUT2D eigenvalue weighted by Crippen LogP contribution is 2.52. The first kappa shape index (κ1) is 18.4. The van der Waals surface area contributed by atoms with Crippen molar-refractivity contribution >= 4 is 17.7 Å². The molecule has 2 saturated heterocycles. The van der Waals surface area contributed by atoms with Crippen LogP contribution >= 0.6 is 0 Å². The van der Waals surface area contributed by atoms with Crippen LogP contribution in [0.2, 0.25) is 0 Å². The molecule has 5 rings (SSSR count). The summed E-state index contributed by atoms with van der Waals surface area (Å²) in [5, 5.41) is 9.96. The van der Waals surface area contributed by atoms with Crippen molar-refractivity contribution in [1.29, 1.82) is 0 Å². The molecule has 5 heterocycles. The van der Waals surface area contributed by atoms with Crippen LogP contribution in [-0.4, -0.2) is 76.1 Å². The number of ether oxygens (including phenoxy) is 1.